The summed E-state index contributed by atoms with van der Waals surface area (Å²) in [5.41, 5.74) is 6.07. The number of nitrogens with two attached hydrogens (primary N) is 1. The molecule has 0 aliphatic heterocycles. The lowest BCUT2D eigenvalue weighted by atomic mass is 10.1. The van der Waals surface area contributed by atoms with Gasteiger partial charge in [-0.25, -0.2) is 4.79 Å². The van der Waals surface area contributed by atoms with Crippen LogP contribution in [0.2, 0.25) is 0 Å². The zero-order valence-corrected chi connectivity index (χ0v) is 9.91. The van der Waals surface area contributed by atoms with Crippen LogP contribution < -0.4 is 11.1 Å². The van der Waals surface area contributed by atoms with Crippen molar-refractivity contribution in [2.24, 2.45) is 5.73 Å². The van der Waals surface area contributed by atoms with E-state index in [-0.39, 0.29) is 0 Å². The fourth-order valence-electron chi connectivity index (χ4n) is 1.23. The van der Waals surface area contributed by atoms with Gasteiger partial charge >= 0.3 is 5.97 Å². The number of rotatable bonds is 5. The molecule has 0 aromatic carbocycles. The Morgan fingerprint density at radius 2 is 2.12 bits per heavy atom. The fourth-order valence-corrected chi connectivity index (χ4v) is 2.06. The molecule has 7 heteroatoms. The maximum Gasteiger partial charge on any atom is 0.326 e. The van der Waals surface area contributed by atoms with Crippen molar-refractivity contribution in [3.05, 3.63) is 21.9 Å². The van der Waals surface area contributed by atoms with Crippen molar-refractivity contribution in [3.63, 3.8) is 0 Å². The van der Waals surface area contributed by atoms with Gasteiger partial charge in [0, 0.05) is 5.38 Å². The summed E-state index contributed by atoms with van der Waals surface area (Å²) < 4.78 is 0. The van der Waals surface area contributed by atoms with E-state index in [4.69, 9.17) is 10.8 Å². The third kappa shape index (κ3) is 3.56. The monoisotopic (exact) mass is 256 g/mol. The van der Waals surface area contributed by atoms with Gasteiger partial charge in [-0.15, -0.1) is 0 Å². The van der Waals surface area contributed by atoms with Crippen LogP contribution in [-0.4, -0.2) is 28.9 Å². The molecule has 1 atom stereocenters. The van der Waals surface area contributed by atoms with E-state index in [0.29, 0.717) is 5.56 Å². The standard InChI is InChI=1S/C10H12N2O4S/c1-5-3-17-4-6(5)9(14)12-7(10(15)16)2-8(11)13/h3-4,7H,2H2,1H3,(H2,11,13)(H,12,14)(H,15,16)/t7-/m1/s1. The predicted octanol–water partition coefficient (Wildman–Crippen LogP) is 0.115. The number of amides is 2. The number of primary amides is 1. The molecule has 0 aliphatic rings. The molecule has 1 aromatic heterocycles. The van der Waals surface area contributed by atoms with Crippen LogP contribution in [0.1, 0.15) is 22.3 Å². The van der Waals surface area contributed by atoms with Crippen LogP contribution in [0.25, 0.3) is 0 Å². The molecule has 1 rings (SSSR count). The Morgan fingerprint density at radius 1 is 1.47 bits per heavy atom. The minimum Gasteiger partial charge on any atom is -0.480 e. The molecule has 17 heavy (non-hydrogen) atoms. The lowest BCUT2D eigenvalue weighted by Gasteiger charge is -2.12. The highest BCUT2D eigenvalue weighted by atomic mass is 32.1. The number of carbonyl (C=O) groups is 3. The molecule has 0 saturated carbocycles. The van der Waals surface area contributed by atoms with Gasteiger partial charge in [-0.3, -0.25) is 9.59 Å². The van der Waals surface area contributed by atoms with Crippen LogP contribution in [0.5, 0.6) is 0 Å². The summed E-state index contributed by atoms with van der Waals surface area (Å²) in [6.45, 7) is 1.75. The number of hydrogen-bond donors (Lipinski definition) is 3. The van der Waals surface area contributed by atoms with Crippen molar-refractivity contribution in [3.8, 4) is 0 Å². The Labute approximate surface area is 101 Å². The average Bonchev–Trinajstić information content (AvgIpc) is 2.62. The Bertz CT molecular complexity index is 455. The van der Waals surface area contributed by atoms with E-state index in [0.717, 1.165) is 5.56 Å². The third-order valence-electron chi connectivity index (χ3n) is 2.11. The first kappa shape index (κ1) is 13.2. The van der Waals surface area contributed by atoms with Gasteiger partial charge in [0.25, 0.3) is 5.91 Å². The number of carbonyl (C=O) groups excluding carboxylic acids is 2. The quantitative estimate of drug-likeness (QED) is 0.694. The molecule has 0 radical (unpaired) electrons. The SMILES string of the molecule is Cc1cscc1C(=O)N[C@H](CC(N)=O)C(=O)O. The van der Waals surface area contributed by atoms with E-state index < -0.39 is 30.2 Å². The Hall–Kier alpha value is -1.89. The summed E-state index contributed by atoms with van der Waals surface area (Å²) in [5, 5.41) is 14.5. The second-order valence-corrected chi connectivity index (χ2v) is 4.25. The van der Waals surface area contributed by atoms with E-state index >= 15 is 0 Å². The summed E-state index contributed by atoms with van der Waals surface area (Å²) in [5.74, 6) is -2.58. The van der Waals surface area contributed by atoms with Crippen LogP contribution in [0.3, 0.4) is 0 Å². The van der Waals surface area contributed by atoms with Crippen LogP contribution in [-0.2, 0) is 9.59 Å². The number of carboxylic acids is 1. The molecule has 0 fully saturated rings. The number of hydrogen-bond acceptors (Lipinski definition) is 4. The van der Waals surface area contributed by atoms with Crippen molar-refractivity contribution in [2.45, 2.75) is 19.4 Å². The highest BCUT2D eigenvalue weighted by Gasteiger charge is 2.23. The molecule has 0 saturated heterocycles. The zero-order chi connectivity index (χ0) is 13.0. The van der Waals surface area contributed by atoms with Gasteiger partial charge in [0.2, 0.25) is 5.91 Å². The molecule has 6 nitrogen and oxygen atoms in total. The third-order valence-corrected chi connectivity index (χ3v) is 2.97. The highest BCUT2D eigenvalue weighted by Crippen LogP contribution is 2.13. The number of aliphatic carboxylic acids is 1. The van der Waals surface area contributed by atoms with Crippen LogP contribution in [0, 0.1) is 6.92 Å². The molecule has 2 amide bonds. The van der Waals surface area contributed by atoms with E-state index in [9.17, 15) is 14.4 Å². The predicted molar refractivity (Wildman–Crippen MR) is 61.8 cm³/mol. The molecular weight excluding hydrogens is 244 g/mol. The number of aryl methyl sites for hydroxylation is 1. The summed E-state index contributed by atoms with van der Waals surface area (Å²) in [7, 11) is 0. The molecule has 0 aliphatic carbocycles. The van der Waals surface area contributed by atoms with Crippen LogP contribution in [0.15, 0.2) is 10.8 Å². The minimum atomic E-state index is -1.29. The van der Waals surface area contributed by atoms with E-state index in [1.807, 2.05) is 0 Å². The first-order valence-electron chi connectivity index (χ1n) is 4.76. The lowest BCUT2D eigenvalue weighted by molar-refractivity contribution is -0.140. The second kappa shape index (κ2) is 5.44. The first-order valence-corrected chi connectivity index (χ1v) is 5.71. The maximum atomic E-state index is 11.7. The Morgan fingerprint density at radius 3 is 2.53 bits per heavy atom. The van der Waals surface area contributed by atoms with Gasteiger partial charge in [-0.05, 0) is 17.9 Å². The topological polar surface area (TPSA) is 109 Å². The van der Waals surface area contributed by atoms with Crippen molar-refractivity contribution in [1.82, 2.24) is 5.32 Å². The normalized spacial score (nSPS) is 11.8. The molecule has 1 aromatic rings. The minimum absolute atomic E-state index is 0.408. The molecular formula is C10H12N2O4S. The second-order valence-electron chi connectivity index (χ2n) is 3.50. The number of carboxylic acid groups (broad SMARTS) is 1. The van der Waals surface area contributed by atoms with Crippen molar-refractivity contribution in [2.75, 3.05) is 0 Å². The molecule has 1 heterocycles. The highest BCUT2D eigenvalue weighted by molar-refractivity contribution is 7.08. The molecule has 0 bridgehead atoms. The van der Waals surface area contributed by atoms with Gasteiger partial charge < -0.3 is 16.2 Å². The van der Waals surface area contributed by atoms with Crippen LogP contribution >= 0.6 is 11.3 Å². The summed E-state index contributed by atoms with van der Waals surface area (Å²) in [6.07, 6.45) is -0.426. The Kier molecular flexibility index (Phi) is 4.22. The van der Waals surface area contributed by atoms with E-state index in [1.54, 1.807) is 17.7 Å². The average molecular weight is 256 g/mol. The van der Waals surface area contributed by atoms with Gasteiger partial charge in [-0.2, -0.15) is 11.3 Å². The van der Waals surface area contributed by atoms with Gasteiger partial charge in [-0.1, -0.05) is 0 Å². The smallest absolute Gasteiger partial charge is 0.326 e. The van der Waals surface area contributed by atoms with Gasteiger partial charge in [0.05, 0.1) is 12.0 Å². The first-order chi connectivity index (χ1) is 7.91. The zero-order valence-electron chi connectivity index (χ0n) is 9.10. The van der Waals surface area contributed by atoms with Crippen molar-refractivity contribution >= 4 is 29.1 Å². The molecule has 4 N–H and O–H groups in total. The van der Waals surface area contributed by atoms with Gasteiger partial charge in [0.1, 0.15) is 6.04 Å². The van der Waals surface area contributed by atoms with Crippen LogP contribution in [0.4, 0.5) is 0 Å². The Balaban J connectivity index is 2.74. The fraction of sp³-hybridized carbons (Fsp3) is 0.300. The maximum absolute atomic E-state index is 11.7. The number of thiophene rings is 1. The summed E-state index contributed by atoms with van der Waals surface area (Å²) in [6, 6.07) is -1.29. The largest absolute Gasteiger partial charge is 0.480 e. The van der Waals surface area contributed by atoms with E-state index in [2.05, 4.69) is 5.32 Å². The van der Waals surface area contributed by atoms with Crippen molar-refractivity contribution < 1.29 is 19.5 Å². The number of nitrogens with one attached hydrogen (secondary N) is 1. The van der Waals surface area contributed by atoms with Crippen molar-refractivity contribution in [1.29, 1.82) is 0 Å². The molecule has 0 unspecified atom stereocenters. The lowest BCUT2D eigenvalue weighted by Crippen LogP contribution is -2.43. The van der Waals surface area contributed by atoms with E-state index in [1.165, 1.54) is 11.3 Å². The summed E-state index contributed by atoms with van der Waals surface area (Å²) >= 11 is 1.34. The van der Waals surface area contributed by atoms with Gasteiger partial charge in [0.15, 0.2) is 0 Å². The molecule has 92 valence electrons. The molecule has 0 spiro atoms. The summed E-state index contributed by atoms with van der Waals surface area (Å²) in [4.78, 5) is 33.2.